The molecule has 0 aliphatic carbocycles. The first kappa shape index (κ1) is 15.6. The molecule has 1 unspecified atom stereocenters. The summed E-state index contributed by atoms with van der Waals surface area (Å²) in [4.78, 5) is 0. The van der Waals surface area contributed by atoms with E-state index in [-0.39, 0.29) is 10.8 Å². The van der Waals surface area contributed by atoms with Crippen molar-refractivity contribution in [2.24, 2.45) is 11.3 Å². The lowest BCUT2D eigenvalue weighted by Gasteiger charge is -2.29. The molecule has 1 heteroatoms. The number of hydrogen-bond donors (Lipinski definition) is 0. The predicted octanol–water partition coefficient (Wildman–Crippen LogP) is 5.43. The fourth-order valence-corrected chi connectivity index (χ4v) is 2.59. The molecule has 102 valence electrons. The zero-order valence-corrected chi connectivity index (χ0v) is 13.4. The van der Waals surface area contributed by atoms with Gasteiger partial charge in [-0.25, -0.2) is 0 Å². The summed E-state index contributed by atoms with van der Waals surface area (Å²) in [5.41, 5.74) is 3.28. The second-order valence-electron chi connectivity index (χ2n) is 7.37. The smallest absolute Gasteiger partial charge is 0.0259 e. The van der Waals surface area contributed by atoms with Crippen LogP contribution < -0.4 is 0 Å². The molecule has 1 aromatic rings. The van der Waals surface area contributed by atoms with Gasteiger partial charge in [-0.2, -0.15) is 0 Å². The van der Waals surface area contributed by atoms with Crippen LogP contribution in [0.25, 0.3) is 0 Å². The van der Waals surface area contributed by atoms with Crippen LogP contribution in [0.5, 0.6) is 0 Å². The second-order valence-corrected chi connectivity index (χ2v) is 7.68. The van der Waals surface area contributed by atoms with Crippen molar-refractivity contribution in [1.82, 2.24) is 0 Å². The van der Waals surface area contributed by atoms with E-state index in [0.717, 1.165) is 12.3 Å². The lowest BCUT2D eigenvalue weighted by atomic mass is 9.78. The summed E-state index contributed by atoms with van der Waals surface area (Å²) in [7, 11) is 0. The molecule has 1 aromatic carbocycles. The second kappa shape index (κ2) is 5.65. The predicted molar refractivity (Wildman–Crippen MR) is 82.5 cm³/mol. The minimum atomic E-state index is 0.231. The topological polar surface area (TPSA) is 0 Å². The summed E-state index contributed by atoms with van der Waals surface area (Å²) in [6.45, 7) is 13.5. The molecule has 0 aromatic heterocycles. The van der Waals surface area contributed by atoms with Gasteiger partial charge in [0.15, 0.2) is 0 Å². The highest BCUT2D eigenvalue weighted by molar-refractivity contribution is 6.18. The first-order valence-corrected chi connectivity index (χ1v) is 7.33. The first-order chi connectivity index (χ1) is 8.14. The van der Waals surface area contributed by atoms with E-state index in [1.807, 2.05) is 0 Å². The Morgan fingerprint density at radius 1 is 0.944 bits per heavy atom. The summed E-state index contributed by atoms with van der Waals surface area (Å²) in [6.07, 6.45) is 1.07. The van der Waals surface area contributed by atoms with Crippen LogP contribution in [0.2, 0.25) is 0 Å². The van der Waals surface area contributed by atoms with Crippen molar-refractivity contribution in [3.05, 3.63) is 35.4 Å². The third kappa shape index (κ3) is 4.31. The molecule has 0 saturated heterocycles. The van der Waals surface area contributed by atoms with E-state index in [1.54, 1.807) is 0 Å². The van der Waals surface area contributed by atoms with Crippen molar-refractivity contribution in [3.8, 4) is 0 Å². The minimum Gasteiger partial charge on any atom is -0.126 e. The maximum atomic E-state index is 6.11. The van der Waals surface area contributed by atoms with Gasteiger partial charge in [-0.05, 0) is 34.3 Å². The molecule has 0 bridgehead atoms. The molecule has 0 nitrogen and oxygen atoms in total. The third-order valence-electron chi connectivity index (χ3n) is 3.71. The molecule has 1 atom stereocenters. The molecule has 0 amide bonds. The maximum Gasteiger partial charge on any atom is 0.0259 e. The molecule has 0 radical (unpaired) electrons. The van der Waals surface area contributed by atoms with Gasteiger partial charge in [-0.15, -0.1) is 11.6 Å². The van der Waals surface area contributed by atoms with Gasteiger partial charge in [-0.1, -0.05) is 65.8 Å². The first-order valence-electron chi connectivity index (χ1n) is 6.80. The van der Waals surface area contributed by atoms with Gasteiger partial charge >= 0.3 is 0 Å². The number of halogens is 1. The Morgan fingerprint density at radius 3 is 1.78 bits per heavy atom. The largest absolute Gasteiger partial charge is 0.126 e. The lowest BCUT2D eigenvalue weighted by Crippen LogP contribution is -2.24. The average Bonchev–Trinajstić information content (AvgIpc) is 2.23. The van der Waals surface area contributed by atoms with Crippen LogP contribution >= 0.6 is 11.6 Å². The highest BCUT2D eigenvalue weighted by atomic mass is 35.5. The van der Waals surface area contributed by atoms with Crippen LogP contribution in [-0.2, 0) is 11.8 Å². The summed E-state index contributed by atoms with van der Waals surface area (Å²) >= 11 is 6.11. The molecule has 0 fully saturated rings. The highest BCUT2D eigenvalue weighted by Gasteiger charge is 2.24. The van der Waals surface area contributed by atoms with E-state index in [4.69, 9.17) is 11.6 Å². The Morgan fingerprint density at radius 2 is 1.44 bits per heavy atom. The fourth-order valence-electron chi connectivity index (χ4n) is 2.02. The van der Waals surface area contributed by atoms with Gasteiger partial charge in [0.2, 0.25) is 0 Å². The number of alkyl halides is 1. The van der Waals surface area contributed by atoms with Crippen molar-refractivity contribution >= 4 is 11.6 Å². The zero-order valence-electron chi connectivity index (χ0n) is 12.7. The maximum absolute atomic E-state index is 6.11. The summed E-state index contributed by atoms with van der Waals surface area (Å²) in [6, 6.07) is 9.02. The Bertz CT molecular complexity index is 362. The lowest BCUT2D eigenvalue weighted by molar-refractivity contribution is 0.264. The summed E-state index contributed by atoms with van der Waals surface area (Å²) < 4.78 is 0. The van der Waals surface area contributed by atoms with E-state index in [2.05, 4.69) is 65.8 Å². The van der Waals surface area contributed by atoms with Gasteiger partial charge in [0.25, 0.3) is 0 Å². The molecule has 18 heavy (non-hydrogen) atoms. The molecule has 0 aliphatic rings. The van der Waals surface area contributed by atoms with Crippen molar-refractivity contribution < 1.29 is 0 Å². The van der Waals surface area contributed by atoms with Gasteiger partial charge in [0, 0.05) is 5.88 Å². The Kier molecular flexibility index (Phi) is 4.89. The van der Waals surface area contributed by atoms with Crippen LogP contribution in [0.1, 0.15) is 52.7 Å². The Hall–Kier alpha value is -0.490. The highest BCUT2D eigenvalue weighted by Crippen LogP contribution is 2.30. The molecule has 0 N–H and O–H groups in total. The van der Waals surface area contributed by atoms with Gasteiger partial charge < -0.3 is 0 Å². The van der Waals surface area contributed by atoms with Crippen LogP contribution in [0.15, 0.2) is 24.3 Å². The molecule has 0 spiro atoms. The van der Waals surface area contributed by atoms with Crippen LogP contribution in [-0.4, -0.2) is 5.88 Å². The molecule has 0 heterocycles. The van der Waals surface area contributed by atoms with Crippen molar-refractivity contribution in [2.75, 3.05) is 5.88 Å². The van der Waals surface area contributed by atoms with E-state index in [1.165, 1.54) is 11.1 Å². The van der Waals surface area contributed by atoms with Gasteiger partial charge in [0.05, 0.1) is 0 Å². The van der Waals surface area contributed by atoms with E-state index in [0.29, 0.717) is 5.92 Å². The standard InChI is InChI=1S/C17H27Cl/c1-16(2,3)14-9-7-13(8-10-14)11-15(12-18)17(4,5)6/h7-10,15H,11-12H2,1-6H3. The molecular weight excluding hydrogens is 240 g/mol. The molecular formula is C17H27Cl. The SMILES string of the molecule is CC(C)(C)c1ccc(CC(CCl)C(C)(C)C)cc1. The minimum absolute atomic E-state index is 0.231. The summed E-state index contributed by atoms with van der Waals surface area (Å²) in [5.74, 6) is 1.25. The summed E-state index contributed by atoms with van der Waals surface area (Å²) in [5, 5.41) is 0. The molecule has 1 rings (SSSR count). The number of benzene rings is 1. The van der Waals surface area contributed by atoms with Crippen LogP contribution in [0.3, 0.4) is 0 Å². The Labute approximate surface area is 118 Å². The Balaban J connectivity index is 2.81. The van der Waals surface area contributed by atoms with E-state index < -0.39 is 0 Å². The molecule has 0 saturated carbocycles. The number of hydrogen-bond acceptors (Lipinski definition) is 0. The van der Waals surface area contributed by atoms with Crippen molar-refractivity contribution in [1.29, 1.82) is 0 Å². The normalized spacial score (nSPS) is 14.6. The van der Waals surface area contributed by atoms with Gasteiger partial charge in [0.1, 0.15) is 0 Å². The van der Waals surface area contributed by atoms with Crippen LogP contribution in [0, 0.1) is 11.3 Å². The van der Waals surface area contributed by atoms with Crippen LogP contribution in [0.4, 0.5) is 0 Å². The molecule has 0 aliphatic heterocycles. The zero-order chi connectivity index (χ0) is 14.0. The third-order valence-corrected chi connectivity index (χ3v) is 4.09. The fraction of sp³-hybridized carbons (Fsp3) is 0.647. The number of rotatable bonds is 3. The quantitative estimate of drug-likeness (QED) is 0.640. The van der Waals surface area contributed by atoms with Crippen molar-refractivity contribution in [2.45, 2.75) is 53.4 Å². The monoisotopic (exact) mass is 266 g/mol. The average molecular weight is 267 g/mol. The van der Waals surface area contributed by atoms with Gasteiger partial charge in [-0.3, -0.25) is 0 Å². The van der Waals surface area contributed by atoms with E-state index in [9.17, 15) is 0 Å². The van der Waals surface area contributed by atoms with E-state index >= 15 is 0 Å². The van der Waals surface area contributed by atoms with Crippen molar-refractivity contribution in [3.63, 3.8) is 0 Å².